The summed E-state index contributed by atoms with van der Waals surface area (Å²) >= 11 is 3.53. The lowest BCUT2D eigenvalue weighted by Crippen LogP contribution is -2.45. The molecule has 2 heterocycles. The highest BCUT2D eigenvalue weighted by Crippen LogP contribution is 2.35. The number of hydrogen-bond donors (Lipinski definition) is 2. The number of methoxy groups -OCH3 is 1. The summed E-state index contributed by atoms with van der Waals surface area (Å²) in [7, 11) is 1.43. The van der Waals surface area contributed by atoms with Crippen LogP contribution in [0, 0.1) is 0 Å². The average molecular weight is 385 g/mol. The van der Waals surface area contributed by atoms with Crippen LogP contribution in [0.15, 0.2) is 53.0 Å². The van der Waals surface area contributed by atoms with Crippen molar-refractivity contribution in [2.75, 3.05) is 7.11 Å². The van der Waals surface area contributed by atoms with Gasteiger partial charge in [0.05, 0.1) is 13.2 Å². The molecule has 2 N–H and O–H groups in total. The molecule has 24 heavy (non-hydrogen) atoms. The van der Waals surface area contributed by atoms with Crippen LogP contribution in [0.2, 0.25) is 0 Å². The maximum Gasteiger partial charge on any atom is 0.323 e. The minimum absolute atomic E-state index is 0.0808. The van der Waals surface area contributed by atoms with Gasteiger partial charge in [0.15, 0.2) is 0 Å². The number of ether oxygens (including phenoxy) is 1. The summed E-state index contributed by atoms with van der Waals surface area (Å²) in [5, 5.41) is 4.61. The minimum Gasteiger partial charge on any atom is -0.468 e. The molecule has 0 spiro atoms. The average Bonchev–Trinajstić information content (AvgIpc) is 2.99. The van der Waals surface area contributed by atoms with Crippen molar-refractivity contribution in [2.45, 2.75) is 18.5 Å². The third kappa shape index (κ3) is 2.54. The van der Waals surface area contributed by atoms with E-state index >= 15 is 0 Å². The van der Waals surface area contributed by atoms with Crippen LogP contribution in [-0.4, -0.2) is 24.1 Å². The first-order valence-corrected chi connectivity index (χ1v) is 8.65. The largest absolute Gasteiger partial charge is 0.468 e. The monoisotopic (exact) mass is 384 g/mol. The minimum atomic E-state index is -0.356. The molecule has 3 aromatic rings. The predicted octanol–water partition coefficient (Wildman–Crippen LogP) is 3.71. The Hall–Kier alpha value is -2.11. The lowest BCUT2D eigenvalue weighted by atomic mass is 9.90. The van der Waals surface area contributed by atoms with E-state index in [1.54, 1.807) is 0 Å². The first kappa shape index (κ1) is 15.4. The molecule has 0 saturated carbocycles. The van der Waals surface area contributed by atoms with Crippen molar-refractivity contribution in [3.63, 3.8) is 0 Å². The topological polar surface area (TPSA) is 54.1 Å². The number of esters is 1. The van der Waals surface area contributed by atoms with Crippen molar-refractivity contribution >= 4 is 32.8 Å². The zero-order valence-electron chi connectivity index (χ0n) is 13.2. The number of halogens is 1. The van der Waals surface area contributed by atoms with E-state index in [0.717, 1.165) is 21.2 Å². The number of hydrogen-bond acceptors (Lipinski definition) is 3. The number of H-pyrrole nitrogens is 1. The van der Waals surface area contributed by atoms with Gasteiger partial charge in [0.1, 0.15) is 6.04 Å². The number of rotatable bonds is 2. The normalized spacial score (nSPS) is 19.9. The van der Waals surface area contributed by atoms with E-state index < -0.39 is 0 Å². The number of carbonyl (C=O) groups excluding carboxylic acids is 1. The number of aromatic nitrogens is 1. The Morgan fingerprint density at radius 3 is 2.83 bits per heavy atom. The molecular formula is C19H17BrN2O2. The van der Waals surface area contributed by atoms with Gasteiger partial charge < -0.3 is 9.72 Å². The number of benzene rings is 2. The highest BCUT2D eigenvalue weighted by molar-refractivity contribution is 9.10. The molecule has 4 nitrogen and oxygen atoms in total. The lowest BCUT2D eigenvalue weighted by Gasteiger charge is -2.30. The Morgan fingerprint density at radius 1 is 1.21 bits per heavy atom. The van der Waals surface area contributed by atoms with E-state index in [9.17, 15) is 4.79 Å². The van der Waals surface area contributed by atoms with Crippen LogP contribution in [0.25, 0.3) is 10.9 Å². The molecule has 0 bridgehead atoms. The Morgan fingerprint density at radius 2 is 2.04 bits per heavy atom. The summed E-state index contributed by atoms with van der Waals surface area (Å²) in [4.78, 5) is 15.7. The van der Waals surface area contributed by atoms with Crippen LogP contribution in [0.4, 0.5) is 0 Å². The summed E-state index contributed by atoms with van der Waals surface area (Å²) in [5.41, 5.74) is 4.50. The first-order chi connectivity index (χ1) is 11.7. The molecule has 2 atom stereocenters. The maximum atomic E-state index is 12.2. The zero-order valence-corrected chi connectivity index (χ0v) is 14.8. The van der Waals surface area contributed by atoms with Crippen molar-refractivity contribution in [2.24, 2.45) is 0 Å². The predicted molar refractivity (Wildman–Crippen MR) is 96.9 cm³/mol. The summed E-state index contributed by atoms with van der Waals surface area (Å²) in [6, 6.07) is 15.9. The SMILES string of the molecule is COC(=O)[C@@H]1Cc2c([nH]c3ccccc23)[C@H](c2cccc(Br)c2)N1. The molecule has 5 heteroatoms. The molecule has 0 radical (unpaired) electrons. The van der Waals surface area contributed by atoms with Gasteiger partial charge in [0, 0.05) is 27.5 Å². The second kappa shape index (κ2) is 6.07. The Kier molecular flexibility index (Phi) is 3.90. The van der Waals surface area contributed by atoms with Crippen LogP contribution in [0.3, 0.4) is 0 Å². The van der Waals surface area contributed by atoms with Crippen LogP contribution < -0.4 is 5.32 Å². The van der Waals surface area contributed by atoms with Crippen molar-refractivity contribution < 1.29 is 9.53 Å². The Balaban J connectivity index is 1.88. The summed E-state index contributed by atoms with van der Waals surface area (Å²) in [6.07, 6.45) is 0.622. The summed E-state index contributed by atoms with van der Waals surface area (Å²) < 4.78 is 5.99. The number of fused-ring (bicyclic) bond motifs is 3. The fourth-order valence-corrected chi connectivity index (χ4v) is 3.89. The van der Waals surface area contributed by atoms with Gasteiger partial charge in [0.2, 0.25) is 0 Å². The lowest BCUT2D eigenvalue weighted by molar-refractivity contribution is -0.143. The van der Waals surface area contributed by atoms with Crippen LogP contribution in [-0.2, 0) is 16.0 Å². The van der Waals surface area contributed by atoms with E-state index in [0.29, 0.717) is 6.42 Å². The van der Waals surface area contributed by atoms with Gasteiger partial charge in [-0.1, -0.05) is 46.3 Å². The number of carbonyl (C=O) groups is 1. The van der Waals surface area contributed by atoms with E-state index in [4.69, 9.17) is 4.74 Å². The number of aromatic amines is 1. The molecular weight excluding hydrogens is 368 g/mol. The molecule has 0 fully saturated rings. The molecule has 4 rings (SSSR count). The van der Waals surface area contributed by atoms with Crippen LogP contribution in [0.1, 0.15) is 22.9 Å². The van der Waals surface area contributed by atoms with Gasteiger partial charge in [-0.2, -0.15) is 0 Å². The molecule has 0 unspecified atom stereocenters. The van der Waals surface area contributed by atoms with E-state index in [1.807, 2.05) is 24.3 Å². The molecule has 122 valence electrons. The molecule has 0 saturated heterocycles. The van der Waals surface area contributed by atoms with Crippen molar-refractivity contribution in [1.29, 1.82) is 0 Å². The quantitative estimate of drug-likeness (QED) is 0.662. The third-order valence-corrected chi connectivity index (χ3v) is 5.07. The number of para-hydroxylation sites is 1. The smallest absolute Gasteiger partial charge is 0.323 e. The highest BCUT2D eigenvalue weighted by atomic mass is 79.9. The first-order valence-electron chi connectivity index (χ1n) is 7.86. The second-order valence-electron chi connectivity index (χ2n) is 6.00. The highest BCUT2D eigenvalue weighted by Gasteiger charge is 2.34. The summed E-state index contributed by atoms with van der Waals surface area (Å²) in [6.45, 7) is 0. The number of nitrogens with one attached hydrogen (secondary N) is 2. The van der Waals surface area contributed by atoms with E-state index in [1.165, 1.54) is 18.1 Å². The molecule has 1 aromatic heterocycles. The van der Waals surface area contributed by atoms with Gasteiger partial charge >= 0.3 is 5.97 Å². The molecule has 1 aliphatic heterocycles. The van der Waals surface area contributed by atoms with Gasteiger partial charge in [-0.05, 0) is 29.3 Å². The van der Waals surface area contributed by atoms with Crippen LogP contribution in [0.5, 0.6) is 0 Å². The van der Waals surface area contributed by atoms with Crippen LogP contribution >= 0.6 is 15.9 Å². The third-order valence-electron chi connectivity index (χ3n) is 4.58. The van der Waals surface area contributed by atoms with Crippen molar-refractivity contribution in [3.8, 4) is 0 Å². The van der Waals surface area contributed by atoms with Gasteiger partial charge in [-0.3, -0.25) is 10.1 Å². The fourth-order valence-electron chi connectivity index (χ4n) is 3.48. The van der Waals surface area contributed by atoms with E-state index in [2.05, 4.69) is 50.5 Å². The second-order valence-corrected chi connectivity index (χ2v) is 6.91. The maximum absolute atomic E-state index is 12.2. The van der Waals surface area contributed by atoms with Gasteiger partial charge in [0.25, 0.3) is 0 Å². The summed E-state index contributed by atoms with van der Waals surface area (Å²) in [5.74, 6) is -0.231. The molecule has 1 aliphatic rings. The molecule has 0 aliphatic carbocycles. The van der Waals surface area contributed by atoms with Crippen molar-refractivity contribution in [3.05, 3.63) is 69.8 Å². The molecule has 0 amide bonds. The van der Waals surface area contributed by atoms with E-state index in [-0.39, 0.29) is 18.1 Å². The molecule has 2 aromatic carbocycles. The Labute approximate surface area is 148 Å². The van der Waals surface area contributed by atoms with Crippen molar-refractivity contribution in [1.82, 2.24) is 10.3 Å². The fraction of sp³-hybridized carbons (Fsp3) is 0.211. The Bertz CT molecular complexity index is 919. The standard InChI is InChI=1S/C19H17BrN2O2/c1-24-19(23)16-10-14-13-7-2-3-8-15(13)21-18(14)17(22-16)11-5-4-6-12(20)9-11/h2-9,16-17,21-22H,10H2,1H3/t16-,17-/m0/s1. The van der Waals surface area contributed by atoms with Gasteiger partial charge in [-0.15, -0.1) is 0 Å². The van der Waals surface area contributed by atoms with Gasteiger partial charge in [-0.25, -0.2) is 0 Å². The zero-order chi connectivity index (χ0) is 16.7.